The molecule has 1 aliphatic rings. The van der Waals surface area contributed by atoms with Crippen molar-refractivity contribution in [2.45, 2.75) is 32.6 Å². The molecular formula is C21H30N6O. The number of hydrogen-bond acceptors (Lipinski definition) is 4. The van der Waals surface area contributed by atoms with Crippen LogP contribution in [0.1, 0.15) is 38.4 Å². The van der Waals surface area contributed by atoms with Crippen LogP contribution in [0.5, 0.6) is 0 Å². The van der Waals surface area contributed by atoms with Crippen molar-refractivity contribution in [1.29, 1.82) is 0 Å². The molecule has 1 N–H and O–H groups in total. The number of rotatable bonds is 4. The van der Waals surface area contributed by atoms with Crippen molar-refractivity contribution in [2.24, 2.45) is 14.1 Å². The maximum atomic E-state index is 12.3. The van der Waals surface area contributed by atoms with E-state index in [1.807, 2.05) is 33.0 Å². The Bertz CT molecular complexity index is 928. The fourth-order valence-corrected chi connectivity index (χ4v) is 3.83. The number of amides is 1. The standard InChI is InChI=1S/C19H24N6O.C2H6/c1-23-12-15(10-20-23)21-18(26)13-25-9-5-6-14(11-25)19-22-16-7-3-4-8-17(16)24(19)2;1-2/h3-4,7-8,10,12,14H,5-6,9,11,13H2,1-2H3,(H,21,26);1-2H3. The van der Waals surface area contributed by atoms with Gasteiger partial charge in [-0.3, -0.25) is 14.4 Å². The lowest BCUT2D eigenvalue weighted by atomic mass is 9.97. The van der Waals surface area contributed by atoms with E-state index in [0.29, 0.717) is 12.5 Å². The van der Waals surface area contributed by atoms with Crippen LogP contribution in [0.3, 0.4) is 0 Å². The third-order valence-electron chi connectivity index (χ3n) is 5.05. The molecule has 1 fully saturated rings. The predicted octanol–water partition coefficient (Wildman–Crippen LogP) is 3.15. The van der Waals surface area contributed by atoms with Gasteiger partial charge in [-0.05, 0) is 31.5 Å². The molecule has 3 heterocycles. The molecule has 0 radical (unpaired) electrons. The monoisotopic (exact) mass is 382 g/mol. The number of anilines is 1. The third-order valence-corrected chi connectivity index (χ3v) is 5.05. The first-order chi connectivity index (χ1) is 13.6. The molecule has 0 bridgehead atoms. The zero-order valence-electron chi connectivity index (χ0n) is 17.2. The van der Waals surface area contributed by atoms with Crippen LogP contribution in [-0.2, 0) is 18.9 Å². The van der Waals surface area contributed by atoms with E-state index in [1.165, 1.54) is 0 Å². The van der Waals surface area contributed by atoms with Crippen molar-refractivity contribution in [1.82, 2.24) is 24.2 Å². The molecule has 0 spiro atoms. The van der Waals surface area contributed by atoms with E-state index in [9.17, 15) is 4.79 Å². The maximum absolute atomic E-state index is 12.3. The first kappa shape index (κ1) is 20.1. The fourth-order valence-electron chi connectivity index (χ4n) is 3.83. The number of aryl methyl sites for hydroxylation is 2. The van der Waals surface area contributed by atoms with Gasteiger partial charge in [-0.1, -0.05) is 26.0 Å². The summed E-state index contributed by atoms with van der Waals surface area (Å²) in [5.41, 5.74) is 2.94. The van der Waals surface area contributed by atoms with Gasteiger partial charge in [0.2, 0.25) is 5.91 Å². The molecule has 0 saturated carbocycles. The minimum atomic E-state index is 0.00338. The van der Waals surface area contributed by atoms with Crippen LogP contribution >= 0.6 is 0 Å². The van der Waals surface area contributed by atoms with Crippen molar-refractivity contribution in [3.05, 3.63) is 42.5 Å². The molecule has 4 rings (SSSR count). The van der Waals surface area contributed by atoms with Gasteiger partial charge in [-0.2, -0.15) is 5.10 Å². The molecule has 1 saturated heterocycles. The van der Waals surface area contributed by atoms with E-state index in [1.54, 1.807) is 17.1 Å². The summed E-state index contributed by atoms with van der Waals surface area (Å²) in [4.78, 5) is 19.4. The van der Waals surface area contributed by atoms with Gasteiger partial charge >= 0.3 is 0 Å². The molecule has 28 heavy (non-hydrogen) atoms. The second kappa shape index (κ2) is 9.01. The summed E-state index contributed by atoms with van der Waals surface area (Å²) in [5.74, 6) is 1.47. The van der Waals surface area contributed by atoms with Crippen molar-refractivity contribution in [2.75, 3.05) is 25.0 Å². The average molecular weight is 383 g/mol. The summed E-state index contributed by atoms with van der Waals surface area (Å²) < 4.78 is 3.87. The number of piperidine rings is 1. The van der Waals surface area contributed by atoms with Crippen LogP contribution < -0.4 is 5.32 Å². The van der Waals surface area contributed by atoms with Gasteiger partial charge in [-0.25, -0.2) is 4.98 Å². The smallest absolute Gasteiger partial charge is 0.238 e. The Morgan fingerprint density at radius 2 is 2.04 bits per heavy atom. The molecule has 1 atom stereocenters. The quantitative estimate of drug-likeness (QED) is 0.753. The highest BCUT2D eigenvalue weighted by molar-refractivity contribution is 5.92. The van der Waals surface area contributed by atoms with Crippen LogP contribution in [0, 0.1) is 0 Å². The number of carbonyl (C=O) groups excluding carboxylic acids is 1. The van der Waals surface area contributed by atoms with Crippen molar-refractivity contribution in [3.8, 4) is 0 Å². The Kier molecular flexibility index (Phi) is 6.46. The number of nitrogens with zero attached hydrogens (tertiary/aromatic N) is 5. The molecule has 1 aliphatic heterocycles. The largest absolute Gasteiger partial charge is 0.331 e. The summed E-state index contributed by atoms with van der Waals surface area (Å²) in [6.45, 7) is 6.20. The van der Waals surface area contributed by atoms with Crippen LogP contribution in [-0.4, -0.2) is 49.8 Å². The Morgan fingerprint density at radius 1 is 1.25 bits per heavy atom. The highest BCUT2D eigenvalue weighted by atomic mass is 16.2. The van der Waals surface area contributed by atoms with E-state index in [-0.39, 0.29) is 5.91 Å². The first-order valence-electron chi connectivity index (χ1n) is 10.0. The minimum Gasteiger partial charge on any atom is -0.331 e. The van der Waals surface area contributed by atoms with E-state index >= 15 is 0 Å². The number of para-hydroxylation sites is 2. The van der Waals surface area contributed by atoms with Gasteiger partial charge < -0.3 is 9.88 Å². The van der Waals surface area contributed by atoms with Gasteiger partial charge in [0.05, 0.1) is 29.5 Å². The zero-order chi connectivity index (χ0) is 20.1. The van der Waals surface area contributed by atoms with E-state index in [4.69, 9.17) is 4.98 Å². The summed E-state index contributed by atoms with van der Waals surface area (Å²) >= 11 is 0. The first-order valence-corrected chi connectivity index (χ1v) is 10.0. The van der Waals surface area contributed by atoms with Crippen LogP contribution in [0.15, 0.2) is 36.7 Å². The molecule has 7 heteroatoms. The number of aromatic nitrogens is 4. The lowest BCUT2D eigenvalue weighted by Crippen LogP contribution is -2.40. The molecular weight excluding hydrogens is 352 g/mol. The van der Waals surface area contributed by atoms with E-state index < -0.39 is 0 Å². The lowest BCUT2D eigenvalue weighted by Gasteiger charge is -2.31. The summed E-state index contributed by atoms with van der Waals surface area (Å²) in [5, 5.41) is 6.99. The highest BCUT2D eigenvalue weighted by Crippen LogP contribution is 2.28. The second-order valence-electron chi connectivity index (χ2n) is 7.04. The Balaban J connectivity index is 0.00000109. The number of nitrogens with one attached hydrogen (secondary N) is 1. The summed E-state index contributed by atoms with van der Waals surface area (Å²) in [6, 6.07) is 8.23. The molecule has 3 aromatic rings. The third kappa shape index (κ3) is 4.42. The number of imidazole rings is 1. The number of likely N-dealkylation sites (tertiary alicyclic amines) is 1. The SMILES string of the molecule is CC.Cn1cc(NC(=O)CN2CCCC(c3nc4ccccc4n3C)C2)cn1. The summed E-state index contributed by atoms with van der Waals surface area (Å²) in [7, 11) is 3.92. The minimum absolute atomic E-state index is 0.00338. The van der Waals surface area contributed by atoms with E-state index in [0.717, 1.165) is 48.5 Å². The van der Waals surface area contributed by atoms with E-state index in [2.05, 4.69) is 39.1 Å². The van der Waals surface area contributed by atoms with Crippen LogP contribution in [0.4, 0.5) is 5.69 Å². The average Bonchev–Trinajstić information content (AvgIpc) is 3.27. The molecule has 0 aliphatic carbocycles. The van der Waals surface area contributed by atoms with Crippen molar-refractivity contribution >= 4 is 22.6 Å². The topological polar surface area (TPSA) is 68.0 Å². The molecule has 2 aromatic heterocycles. The van der Waals surface area contributed by atoms with Crippen molar-refractivity contribution < 1.29 is 4.79 Å². The molecule has 1 unspecified atom stereocenters. The molecule has 1 amide bonds. The van der Waals surface area contributed by atoms with Crippen molar-refractivity contribution in [3.63, 3.8) is 0 Å². The fraction of sp³-hybridized carbons (Fsp3) is 0.476. The zero-order valence-corrected chi connectivity index (χ0v) is 17.2. The van der Waals surface area contributed by atoms with Gasteiger partial charge in [0.1, 0.15) is 5.82 Å². The lowest BCUT2D eigenvalue weighted by molar-refractivity contribution is -0.117. The Labute approximate surface area is 166 Å². The van der Waals surface area contributed by atoms with Gasteiger partial charge in [0.25, 0.3) is 0 Å². The van der Waals surface area contributed by atoms with Gasteiger partial charge in [0.15, 0.2) is 0 Å². The van der Waals surface area contributed by atoms with Crippen LogP contribution in [0.25, 0.3) is 11.0 Å². The molecule has 1 aromatic carbocycles. The van der Waals surface area contributed by atoms with Gasteiger partial charge in [-0.15, -0.1) is 0 Å². The normalized spacial score (nSPS) is 17.2. The highest BCUT2D eigenvalue weighted by Gasteiger charge is 2.26. The second-order valence-corrected chi connectivity index (χ2v) is 7.04. The molecule has 7 nitrogen and oxygen atoms in total. The summed E-state index contributed by atoms with van der Waals surface area (Å²) in [6.07, 6.45) is 5.65. The Morgan fingerprint density at radius 3 is 2.75 bits per heavy atom. The maximum Gasteiger partial charge on any atom is 0.238 e. The number of carbonyl (C=O) groups is 1. The van der Waals surface area contributed by atoms with Crippen LogP contribution in [0.2, 0.25) is 0 Å². The number of hydrogen-bond donors (Lipinski definition) is 1. The van der Waals surface area contributed by atoms with Gasteiger partial charge in [0, 0.05) is 32.8 Å². The molecule has 150 valence electrons. The number of benzene rings is 1. The predicted molar refractivity (Wildman–Crippen MR) is 112 cm³/mol. The number of fused-ring (bicyclic) bond motifs is 1. The Hall–Kier alpha value is -2.67.